The van der Waals surface area contributed by atoms with E-state index in [4.69, 9.17) is 0 Å². The molecule has 3 aromatic carbocycles. The number of rotatable bonds is 4. The van der Waals surface area contributed by atoms with Gasteiger partial charge in [-0.05, 0) is 29.3 Å². The van der Waals surface area contributed by atoms with Gasteiger partial charge < -0.3 is 0 Å². The molecule has 0 heterocycles. The van der Waals surface area contributed by atoms with Crippen LogP contribution < -0.4 is 0 Å². The first-order valence-electron chi connectivity index (χ1n) is 8.89. The van der Waals surface area contributed by atoms with Gasteiger partial charge in [-0.25, -0.2) is 0 Å². The highest BCUT2D eigenvalue weighted by atomic mass is 32.2. The number of benzene rings is 3. The molecule has 0 atom stereocenters. The van der Waals surface area contributed by atoms with Crippen LogP contribution in [0.5, 0.6) is 0 Å². The van der Waals surface area contributed by atoms with Gasteiger partial charge in [-0.2, -0.15) is 43.2 Å². The van der Waals surface area contributed by atoms with E-state index >= 15 is 0 Å². The van der Waals surface area contributed by atoms with E-state index in [1.165, 1.54) is 0 Å². The van der Waals surface area contributed by atoms with Crippen LogP contribution in [0.2, 0.25) is 0 Å². The summed E-state index contributed by atoms with van der Waals surface area (Å²) in [6.45, 7) is 0. The van der Waals surface area contributed by atoms with Gasteiger partial charge in [-0.1, -0.05) is 42.5 Å². The van der Waals surface area contributed by atoms with Crippen LogP contribution >= 0.6 is 0 Å². The Kier molecular flexibility index (Phi) is 6.32. The summed E-state index contributed by atoms with van der Waals surface area (Å²) in [6.07, 6.45) is -10.2. The summed E-state index contributed by atoms with van der Waals surface area (Å²) in [6, 6.07) is 7.37. The number of halogens is 6. The molecule has 6 nitrogen and oxygen atoms in total. The molecule has 182 valence electrons. The highest BCUT2D eigenvalue weighted by molar-refractivity contribution is 7.87. The van der Waals surface area contributed by atoms with Gasteiger partial charge in [0.05, 0.1) is 11.1 Å². The molecule has 0 aliphatic heterocycles. The average Bonchev–Trinajstić information content (AvgIpc) is 2.70. The van der Waals surface area contributed by atoms with Gasteiger partial charge in [-0.3, -0.25) is 9.11 Å². The molecule has 3 rings (SSSR count). The largest absolute Gasteiger partial charge is 0.417 e. The fourth-order valence-corrected chi connectivity index (χ4v) is 5.14. The maximum atomic E-state index is 13.7. The van der Waals surface area contributed by atoms with Crippen molar-refractivity contribution < 1.29 is 52.3 Å². The van der Waals surface area contributed by atoms with Gasteiger partial charge in [-0.15, -0.1) is 0 Å². The molecule has 0 saturated heterocycles. The van der Waals surface area contributed by atoms with Crippen molar-refractivity contribution in [2.45, 2.75) is 22.1 Å². The minimum Gasteiger partial charge on any atom is -0.282 e. The SMILES string of the molecule is O=S(=O)(O)c1ccc(-c2ccccc2C(F)(F)F)c(S(=O)(=O)O)c1-c1ccccc1C(F)(F)F. The van der Waals surface area contributed by atoms with Crippen LogP contribution in [0.4, 0.5) is 26.3 Å². The summed E-state index contributed by atoms with van der Waals surface area (Å²) in [5.74, 6) is 0. The molecular formula is C20H12F6O6S2. The van der Waals surface area contributed by atoms with Crippen LogP contribution in [0.1, 0.15) is 11.1 Å². The Hall–Kier alpha value is -2.94. The van der Waals surface area contributed by atoms with Crippen molar-refractivity contribution in [1.29, 1.82) is 0 Å². The lowest BCUT2D eigenvalue weighted by Crippen LogP contribution is -2.14. The molecule has 0 unspecified atom stereocenters. The lowest BCUT2D eigenvalue weighted by Gasteiger charge is -2.21. The summed E-state index contributed by atoms with van der Waals surface area (Å²) < 4.78 is 150. The predicted octanol–water partition coefficient (Wildman–Crippen LogP) is 5.55. The van der Waals surface area contributed by atoms with Gasteiger partial charge in [0.15, 0.2) is 0 Å². The number of alkyl halides is 6. The first kappa shape index (κ1) is 25.7. The highest BCUT2D eigenvalue weighted by Gasteiger charge is 2.39. The smallest absolute Gasteiger partial charge is 0.282 e. The second kappa shape index (κ2) is 8.37. The second-order valence-electron chi connectivity index (χ2n) is 6.85. The molecule has 0 bridgehead atoms. The maximum Gasteiger partial charge on any atom is 0.417 e. The normalized spacial score (nSPS) is 13.2. The third-order valence-electron chi connectivity index (χ3n) is 4.68. The van der Waals surface area contributed by atoms with E-state index in [-0.39, 0.29) is 0 Å². The Morgan fingerprint density at radius 2 is 1.00 bits per heavy atom. The zero-order chi connectivity index (χ0) is 25.7. The molecule has 0 spiro atoms. The van der Waals surface area contributed by atoms with E-state index in [2.05, 4.69) is 0 Å². The van der Waals surface area contributed by atoms with Crippen molar-refractivity contribution in [1.82, 2.24) is 0 Å². The molecule has 0 aliphatic carbocycles. The fourth-order valence-electron chi connectivity index (χ4n) is 3.43. The first-order valence-corrected chi connectivity index (χ1v) is 11.8. The van der Waals surface area contributed by atoms with Gasteiger partial charge in [0.1, 0.15) is 9.79 Å². The van der Waals surface area contributed by atoms with Gasteiger partial charge in [0, 0.05) is 11.1 Å². The van der Waals surface area contributed by atoms with Crippen LogP contribution in [0.25, 0.3) is 22.3 Å². The average molecular weight is 526 g/mol. The molecule has 0 aliphatic rings. The van der Waals surface area contributed by atoms with E-state index in [0.29, 0.717) is 30.3 Å². The topological polar surface area (TPSA) is 109 Å². The minimum atomic E-state index is -5.68. The Balaban J connectivity index is 2.65. The van der Waals surface area contributed by atoms with Crippen molar-refractivity contribution in [3.8, 4) is 22.3 Å². The van der Waals surface area contributed by atoms with E-state index in [0.717, 1.165) is 30.3 Å². The predicted molar refractivity (Wildman–Crippen MR) is 107 cm³/mol. The summed E-state index contributed by atoms with van der Waals surface area (Å²) in [5, 5.41) is 0. The van der Waals surface area contributed by atoms with Crippen LogP contribution in [-0.2, 0) is 32.6 Å². The molecule has 34 heavy (non-hydrogen) atoms. The van der Waals surface area contributed by atoms with Gasteiger partial charge >= 0.3 is 12.4 Å². The third-order valence-corrected chi connectivity index (χ3v) is 6.52. The van der Waals surface area contributed by atoms with E-state index in [9.17, 15) is 52.3 Å². The Bertz CT molecular complexity index is 1480. The molecule has 0 radical (unpaired) electrons. The Morgan fingerprint density at radius 3 is 1.44 bits per heavy atom. The maximum absolute atomic E-state index is 13.7. The molecule has 3 aromatic rings. The molecule has 0 saturated carbocycles. The molecule has 14 heteroatoms. The molecule has 0 aromatic heterocycles. The van der Waals surface area contributed by atoms with Crippen molar-refractivity contribution in [3.63, 3.8) is 0 Å². The second-order valence-corrected chi connectivity index (χ2v) is 9.60. The summed E-state index contributed by atoms with van der Waals surface area (Å²) >= 11 is 0. The monoisotopic (exact) mass is 526 g/mol. The fraction of sp³-hybridized carbons (Fsp3) is 0.100. The summed E-state index contributed by atoms with van der Waals surface area (Å²) in [5.41, 5.74) is -7.22. The number of hydrogen-bond donors (Lipinski definition) is 2. The highest BCUT2D eigenvalue weighted by Crippen LogP contribution is 2.47. The van der Waals surface area contributed by atoms with E-state index in [1.54, 1.807) is 0 Å². The van der Waals surface area contributed by atoms with E-state index < -0.39 is 75.8 Å². The lowest BCUT2D eigenvalue weighted by molar-refractivity contribution is -0.137. The molecule has 0 fully saturated rings. The zero-order valence-electron chi connectivity index (χ0n) is 16.4. The van der Waals surface area contributed by atoms with Gasteiger partial charge in [0.25, 0.3) is 20.2 Å². The minimum absolute atomic E-state index is 0.453. The molecular weight excluding hydrogens is 514 g/mol. The summed E-state index contributed by atoms with van der Waals surface area (Å²) in [4.78, 5) is -2.93. The number of hydrogen-bond acceptors (Lipinski definition) is 4. The lowest BCUT2D eigenvalue weighted by atomic mass is 9.93. The van der Waals surface area contributed by atoms with Crippen molar-refractivity contribution in [2.75, 3.05) is 0 Å². The van der Waals surface area contributed by atoms with Gasteiger partial charge in [0.2, 0.25) is 0 Å². The first-order chi connectivity index (χ1) is 15.4. The zero-order valence-corrected chi connectivity index (χ0v) is 18.0. The van der Waals surface area contributed by atoms with Crippen LogP contribution in [0.3, 0.4) is 0 Å². The van der Waals surface area contributed by atoms with E-state index in [1.807, 2.05) is 0 Å². The Morgan fingerprint density at radius 1 is 0.559 bits per heavy atom. The van der Waals surface area contributed by atoms with Crippen molar-refractivity contribution >= 4 is 20.2 Å². The van der Waals surface area contributed by atoms with Crippen LogP contribution in [-0.4, -0.2) is 25.9 Å². The van der Waals surface area contributed by atoms with Crippen LogP contribution in [0.15, 0.2) is 70.5 Å². The van der Waals surface area contributed by atoms with Crippen LogP contribution in [0, 0.1) is 0 Å². The third kappa shape index (κ3) is 4.94. The van der Waals surface area contributed by atoms with Crippen molar-refractivity contribution in [2.24, 2.45) is 0 Å². The molecule has 2 N–H and O–H groups in total. The van der Waals surface area contributed by atoms with Crippen molar-refractivity contribution in [3.05, 3.63) is 71.8 Å². The summed E-state index contributed by atoms with van der Waals surface area (Å²) in [7, 11) is -11.1. The molecule has 0 amide bonds. The Labute approximate surface area is 189 Å². The quantitative estimate of drug-likeness (QED) is 0.341. The standard InChI is InChI=1S/C20H12F6O6S2/c21-19(22,23)14-7-3-1-5-11(14)12-9-10-16(33(27,28)29)17(18(12)34(30,31)32)13-6-2-4-8-15(13)20(24,25)26/h1-10H,(H,27,28,29)(H,30,31,32).